The monoisotopic (exact) mass is 394 g/mol. The smallest absolute Gasteiger partial charge is 0.137 e. The standard InChI is InChI=1S/C22H35BrO/c1-4-6-8-9-12-19-13-10-11-15-21(19)22(24)17-18(3)16-20(23)14-7-5-2/h16,18-19,21H,4-8,10-11,13-15,17H2,1-3H3/b20-16-. The van der Waals surface area contributed by atoms with Gasteiger partial charge in [-0.2, -0.15) is 0 Å². The van der Waals surface area contributed by atoms with Gasteiger partial charge in [0, 0.05) is 24.7 Å². The van der Waals surface area contributed by atoms with Crippen LogP contribution in [0.2, 0.25) is 0 Å². The zero-order valence-electron chi connectivity index (χ0n) is 15.9. The van der Waals surface area contributed by atoms with Crippen molar-refractivity contribution in [3.05, 3.63) is 10.6 Å². The van der Waals surface area contributed by atoms with E-state index in [-0.39, 0.29) is 5.92 Å². The minimum atomic E-state index is 0.179. The minimum absolute atomic E-state index is 0.179. The van der Waals surface area contributed by atoms with Crippen molar-refractivity contribution in [3.63, 3.8) is 0 Å². The van der Waals surface area contributed by atoms with E-state index in [0.29, 0.717) is 24.0 Å². The van der Waals surface area contributed by atoms with Gasteiger partial charge in [0.15, 0.2) is 0 Å². The van der Waals surface area contributed by atoms with E-state index in [0.717, 1.165) is 25.7 Å². The molecule has 0 saturated heterocycles. The molecule has 1 saturated carbocycles. The fourth-order valence-electron chi connectivity index (χ4n) is 3.42. The summed E-state index contributed by atoms with van der Waals surface area (Å²) in [7, 11) is 0. The van der Waals surface area contributed by atoms with Crippen LogP contribution in [0.15, 0.2) is 10.6 Å². The lowest BCUT2D eigenvalue weighted by atomic mass is 9.75. The van der Waals surface area contributed by atoms with Crippen molar-refractivity contribution in [1.82, 2.24) is 0 Å². The largest absolute Gasteiger partial charge is 0.299 e. The molecule has 1 nitrogen and oxygen atoms in total. The van der Waals surface area contributed by atoms with Gasteiger partial charge < -0.3 is 0 Å². The minimum Gasteiger partial charge on any atom is -0.299 e. The number of hydrogen-bond donors (Lipinski definition) is 0. The summed E-state index contributed by atoms with van der Waals surface area (Å²) < 4.78 is 1.25. The van der Waals surface area contributed by atoms with Gasteiger partial charge in [0.25, 0.3) is 0 Å². The first-order valence-electron chi connectivity index (χ1n) is 9.95. The third kappa shape index (κ3) is 8.52. The molecule has 24 heavy (non-hydrogen) atoms. The summed E-state index contributed by atoms with van der Waals surface area (Å²) in [5.41, 5.74) is 0. The quantitative estimate of drug-likeness (QED) is 0.302. The van der Waals surface area contributed by atoms with Gasteiger partial charge in [-0.3, -0.25) is 4.79 Å². The first-order chi connectivity index (χ1) is 11.6. The van der Waals surface area contributed by atoms with Crippen LogP contribution in [0.1, 0.15) is 91.4 Å². The molecule has 0 aromatic heterocycles. The number of carbonyl (C=O) groups is 1. The van der Waals surface area contributed by atoms with Crippen LogP contribution in [-0.2, 0) is 4.79 Å². The number of carbonyl (C=O) groups excluding carboxylic acids is 1. The van der Waals surface area contributed by atoms with Crippen molar-refractivity contribution in [2.45, 2.75) is 91.4 Å². The van der Waals surface area contributed by atoms with Gasteiger partial charge in [-0.1, -0.05) is 74.4 Å². The van der Waals surface area contributed by atoms with Crippen LogP contribution in [0.5, 0.6) is 0 Å². The zero-order chi connectivity index (χ0) is 17.8. The van der Waals surface area contributed by atoms with Crippen molar-refractivity contribution in [1.29, 1.82) is 0 Å². The molecule has 0 spiro atoms. The highest BCUT2D eigenvalue weighted by Crippen LogP contribution is 2.32. The van der Waals surface area contributed by atoms with E-state index in [2.05, 4.69) is 54.6 Å². The summed E-state index contributed by atoms with van der Waals surface area (Å²) in [4.78, 5) is 12.8. The summed E-state index contributed by atoms with van der Waals surface area (Å²) in [6.45, 7) is 6.57. The average molecular weight is 395 g/mol. The van der Waals surface area contributed by atoms with E-state index < -0.39 is 0 Å². The number of allylic oxidation sites excluding steroid dienone is 2. The van der Waals surface area contributed by atoms with E-state index in [1.165, 1.54) is 43.0 Å². The molecule has 1 aliphatic carbocycles. The molecule has 0 radical (unpaired) electrons. The second-order valence-electron chi connectivity index (χ2n) is 7.29. The van der Waals surface area contributed by atoms with Crippen LogP contribution in [-0.4, -0.2) is 5.78 Å². The molecule has 1 fully saturated rings. The van der Waals surface area contributed by atoms with Crippen molar-refractivity contribution >= 4 is 21.7 Å². The van der Waals surface area contributed by atoms with Crippen LogP contribution in [0.3, 0.4) is 0 Å². The topological polar surface area (TPSA) is 17.1 Å². The normalized spacial score (nSPS) is 22.6. The van der Waals surface area contributed by atoms with Gasteiger partial charge in [0.2, 0.25) is 0 Å². The Morgan fingerprint density at radius 3 is 2.62 bits per heavy atom. The Hall–Kier alpha value is -0.550. The highest BCUT2D eigenvalue weighted by Gasteiger charge is 2.29. The average Bonchev–Trinajstić information content (AvgIpc) is 2.57. The maximum Gasteiger partial charge on any atom is 0.137 e. The predicted molar refractivity (Wildman–Crippen MR) is 108 cm³/mol. The number of Topliss-reactive ketones (excluding diaryl/α,β-unsaturated/α-hetero) is 1. The van der Waals surface area contributed by atoms with Crippen molar-refractivity contribution in [2.75, 3.05) is 0 Å². The van der Waals surface area contributed by atoms with Gasteiger partial charge in [0.05, 0.1) is 0 Å². The summed E-state index contributed by atoms with van der Waals surface area (Å²) in [5.74, 6) is 8.00. The van der Waals surface area contributed by atoms with E-state index in [4.69, 9.17) is 0 Å². The van der Waals surface area contributed by atoms with Gasteiger partial charge in [-0.25, -0.2) is 0 Å². The maximum atomic E-state index is 12.8. The lowest BCUT2D eigenvalue weighted by molar-refractivity contribution is -0.125. The Kier molecular flexibility index (Phi) is 11.4. The van der Waals surface area contributed by atoms with E-state index in [1.807, 2.05) is 0 Å². The lowest BCUT2D eigenvalue weighted by Gasteiger charge is -2.27. The van der Waals surface area contributed by atoms with Crippen LogP contribution in [0, 0.1) is 29.6 Å². The molecular weight excluding hydrogens is 360 g/mol. The second kappa shape index (κ2) is 12.8. The highest BCUT2D eigenvalue weighted by molar-refractivity contribution is 9.11. The van der Waals surface area contributed by atoms with Crippen molar-refractivity contribution in [3.8, 4) is 11.8 Å². The van der Waals surface area contributed by atoms with E-state index >= 15 is 0 Å². The van der Waals surface area contributed by atoms with Gasteiger partial charge in [0.1, 0.15) is 5.78 Å². The number of halogens is 1. The number of hydrogen-bond acceptors (Lipinski definition) is 1. The Morgan fingerprint density at radius 2 is 1.92 bits per heavy atom. The van der Waals surface area contributed by atoms with Gasteiger partial charge in [-0.05, 0) is 42.5 Å². The SMILES string of the molecule is CCCCC#CC1CCCCC1C(=O)CC(C)/C=C(\Br)CCCC. The predicted octanol–water partition coefficient (Wildman–Crippen LogP) is 7.05. The molecule has 2 heteroatoms. The van der Waals surface area contributed by atoms with Crippen molar-refractivity contribution in [2.24, 2.45) is 17.8 Å². The zero-order valence-corrected chi connectivity index (χ0v) is 17.5. The lowest BCUT2D eigenvalue weighted by Crippen LogP contribution is -2.27. The fourth-order valence-corrected chi connectivity index (χ4v) is 4.15. The van der Waals surface area contributed by atoms with Crippen LogP contribution >= 0.6 is 15.9 Å². The molecule has 0 heterocycles. The molecule has 0 aliphatic heterocycles. The summed E-state index contributed by atoms with van der Waals surface area (Å²) in [6.07, 6.45) is 14.3. The van der Waals surface area contributed by atoms with Gasteiger partial charge in [-0.15, -0.1) is 5.92 Å². The number of rotatable bonds is 9. The summed E-state index contributed by atoms with van der Waals surface area (Å²) >= 11 is 3.65. The molecular formula is C22H35BrO. The first kappa shape index (κ1) is 21.5. The Morgan fingerprint density at radius 1 is 1.21 bits per heavy atom. The molecule has 3 atom stereocenters. The molecule has 1 rings (SSSR count). The number of ketones is 1. The molecule has 3 unspecified atom stereocenters. The van der Waals surface area contributed by atoms with E-state index in [1.54, 1.807) is 0 Å². The third-order valence-corrected chi connectivity index (χ3v) is 5.54. The molecule has 0 aromatic rings. The summed E-state index contributed by atoms with van der Waals surface area (Å²) in [5, 5.41) is 0. The first-order valence-corrected chi connectivity index (χ1v) is 10.7. The molecule has 0 N–H and O–H groups in total. The van der Waals surface area contributed by atoms with Crippen LogP contribution < -0.4 is 0 Å². The second-order valence-corrected chi connectivity index (χ2v) is 8.31. The van der Waals surface area contributed by atoms with E-state index in [9.17, 15) is 4.79 Å². The molecule has 1 aliphatic rings. The Bertz CT molecular complexity index is 454. The maximum absolute atomic E-state index is 12.8. The Labute approximate surface area is 158 Å². The van der Waals surface area contributed by atoms with Crippen LogP contribution in [0.4, 0.5) is 0 Å². The molecule has 136 valence electrons. The fraction of sp³-hybridized carbons (Fsp3) is 0.773. The number of unbranched alkanes of at least 4 members (excludes halogenated alkanes) is 3. The molecule has 0 bridgehead atoms. The summed E-state index contributed by atoms with van der Waals surface area (Å²) in [6, 6.07) is 0. The Balaban J connectivity index is 2.57. The highest BCUT2D eigenvalue weighted by atomic mass is 79.9. The van der Waals surface area contributed by atoms with Crippen molar-refractivity contribution < 1.29 is 4.79 Å². The molecule has 0 aromatic carbocycles. The third-order valence-electron chi connectivity index (χ3n) is 4.88. The van der Waals surface area contributed by atoms with Gasteiger partial charge >= 0.3 is 0 Å². The van der Waals surface area contributed by atoms with Crippen LogP contribution in [0.25, 0.3) is 0 Å². The molecule has 0 amide bonds.